The first-order chi connectivity index (χ1) is 14.1. The average molecular weight is 417 g/mol. The van der Waals surface area contributed by atoms with E-state index in [0.29, 0.717) is 24.4 Å². The predicted molar refractivity (Wildman–Crippen MR) is 118 cm³/mol. The summed E-state index contributed by atoms with van der Waals surface area (Å²) in [7, 11) is 0. The van der Waals surface area contributed by atoms with E-state index in [9.17, 15) is 20.1 Å². The van der Waals surface area contributed by atoms with Crippen molar-refractivity contribution < 1.29 is 24.5 Å². The molecule has 0 aliphatic carbocycles. The van der Waals surface area contributed by atoms with Gasteiger partial charge in [-0.15, -0.1) is 0 Å². The van der Waals surface area contributed by atoms with Crippen molar-refractivity contribution in [2.24, 2.45) is 0 Å². The van der Waals surface area contributed by atoms with Crippen LogP contribution in [0.25, 0.3) is 11.0 Å². The van der Waals surface area contributed by atoms with Gasteiger partial charge in [0.05, 0.1) is 11.7 Å². The Morgan fingerprint density at radius 3 is 2.53 bits per heavy atom. The SMILES string of the molecule is CC(=CCOc1ccc2ccc(=O)oc2c1)CCC=C(C)C[C@H](O)[C@@H](O)C(C)(C)O. The average Bonchev–Trinajstić information content (AvgIpc) is 2.66. The van der Waals surface area contributed by atoms with E-state index in [1.54, 1.807) is 12.1 Å². The molecule has 0 radical (unpaired) electrons. The number of fused-ring (bicyclic) bond motifs is 1. The molecule has 0 amide bonds. The van der Waals surface area contributed by atoms with Crippen LogP contribution in [0.2, 0.25) is 0 Å². The molecule has 2 rings (SSSR count). The molecule has 0 saturated carbocycles. The first kappa shape index (κ1) is 23.9. The van der Waals surface area contributed by atoms with Crippen molar-refractivity contribution >= 4 is 11.0 Å². The zero-order valence-corrected chi connectivity index (χ0v) is 18.1. The molecule has 1 heterocycles. The lowest BCUT2D eigenvalue weighted by Gasteiger charge is -2.28. The summed E-state index contributed by atoms with van der Waals surface area (Å²) >= 11 is 0. The molecule has 0 saturated heterocycles. The second-order valence-corrected chi connectivity index (χ2v) is 8.27. The van der Waals surface area contributed by atoms with Gasteiger partial charge >= 0.3 is 5.63 Å². The van der Waals surface area contributed by atoms with Gasteiger partial charge in [-0.3, -0.25) is 0 Å². The molecule has 0 aliphatic rings. The van der Waals surface area contributed by atoms with Crippen molar-refractivity contribution in [3.8, 4) is 5.75 Å². The van der Waals surface area contributed by atoms with Crippen LogP contribution in [0.5, 0.6) is 5.75 Å². The van der Waals surface area contributed by atoms with Gasteiger partial charge in [0.1, 0.15) is 24.0 Å². The van der Waals surface area contributed by atoms with Gasteiger partial charge in [-0.2, -0.15) is 0 Å². The molecule has 6 heteroatoms. The first-order valence-corrected chi connectivity index (χ1v) is 10.1. The van der Waals surface area contributed by atoms with Crippen LogP contribution in [-0.2, 0) is 0 Å². The third-order valence-corrected chi connectivity index (χ3v) is 4.93. The molecule has 30 heavy (non-hydrogen) atoms. The van der Waals surface area contributed by atoms with Crippen molar-refractivity contribution in [3.63, 3.8) is 0 Å². The van der Waals surface area contributed by atoms with Crippen molar-refractivity contribution in [3.05, 3.63) is 64.1 Å². The van der Waals surface area contributed by atoms with E-state index in [4.69, 9.17) is 9.15 Å². The summed E-state index contributed by atoms with van der Waals surface area (Å²) < 4.78 is 10.9. The highest BCUT2D eigenvalue weighted by molar-refractivity contribution is 5.77. The Bertz CT molecular complexity index is 948. The molecule has 2 atom stereocenters. The lowest BCUT2D eigenvalue weighted by molar-refractivity contribution is -0.105. The van der Waals surface area contributed by atoms with E-state index >= 15 is 0 Å². The molecular formula is C24H32O6. The minimum absolute atomic E-state index is 0.315. The van der Waals surface area contributed by atoms with E-state index in [1.807, 2.05) is 38.1 Å². The lowest BCUT2D eigenvalue weighted by Crippen LogP contribution is -2.44. The van der Waals surface area contributed by atoms with E-state index < -0.39 is 17.8 Å². The largest absolute Gasteiger partial charge is 0.489 e. The summed E-state index contributed by atoms with van der Waals surface area (Å²) in [4.78, 5) is 11.3. The number of hydrogen-bond donors (Lipinski definition) is 3. The highest BCUT2D eigenvalue weighted by atomic mass is 16.5. The van der Waals surface area contributed by atoms with Crippen LogP contribution in [0.15, 0.2) is 62.8 Å². The van der Waals surface area contributed by atoms with Crippen LogP contribution in [0.1, 0.15) is 47.0 Å². The number of aliphatic hydroxyl groups excluding tert-OH is 2. The van der Waals surface area contributed by atoms with E-state index in [-0.39, 0.29) is 5.63 Å². The van der Waals surface area contributed by atoms with Crippen molar-refractivity contribution in [1.82, 2.24) is 0 Å². The second kappa shape index (κ2) is 10.6. The molecule has 1 aromatic carbocycles. The van der Waals surface area contributed by atoms with Crippen LogP contribution in [-0.4, -0.2) is 39.7 Å². The normalized spacial score (nSPS) is 15.3. The van der Waals surface area contributed by atoms with Crippen molar-refractivity contribution in [2.75, 3.05) is 6.61 Å². The smallest absolute Gasteiger partial charge is 0.336 e. The molecule has 164 valence electrons. The number of aliphatic hydroxyl groups is 3. The standard InChI is InChI=1S/C24H32O6/c1-16(6-5-7-17(2)14-20(25)23(27)24(3,4)28)12-13-29-19-10-8-18-9-11-22(26)30-21(18)15-19/h7-12,15,20,23,25,27-28H,5-6,13-14H2,1-4H3/t20-,23+/m0/s1. The number of rotatable bonds is 10. The monoisotopic (exact) mass is 416 g/mol. The molecule has 0 spiro atoms. The van der Waals surface area contributed by atoms with Crippen LogP contribution < -0.4 is 10.4 Å². The van der Waals surface area contributed by atoms with Crippen LogP contribution in [0.3, 0.4) is 0 Å². The highest BCUT2D eigenvalue weighted by Crippen LogP contribution is 2.20. The van der Waals surface area contributed by atoms with Gasteiger partial charge in [0.2, 0.25) is 0 Å². The molecule has 3 N–H and O–H groups in total. The van der Waals surface area contributed by atoms with Gasteiger partial charge in [-0.1, -0.05) is 17.2 Å². The van der Waals surface area contributed by atoms with Gasteiger partial charge in [0.15, 0.2) is 0 Å². The Kier molecular flexibility index (Phi) is 8.41. The lowest BCUT2D eigenvalue weighted by atomic mass is 9.93. The fraction of sp³-hybridized carbons (Fsp3) is 0.458. The summed E-state index contributed by atoms with van der Waals surface area (Å²) in [6.45, 7) is 7.29. The molecular weight excluding hydrogens is 384 g/mol. The van der Waals surface area contributed by atoms with Gasteiger partial charge in [-0.25, -0.2) is 4.79 Å². The topological polar surface area (TPSA) is 100 Å². The summed E-state index contributed by atoms with van der Waals surface area (Å²) in [6, 6.07) is 8.50. The molecule has 2 aromatic rings. The fourth-order valence-electron chi connectivity index (χ4n) is 3.05. The summed E-state index contributed by atoms with van der Waals surface area (Å²) in [5, 5.41) is 30.6. The third kappa shape index (κ3) is 7.44. The zero-order chi connectivity index (χ0) is 22.3. The number of allylic oxidation sites excluding steroid dienone is 2. The Labute approximate surface area is 177 Å². The molecule has 0 bridgehead atoms. The second-order valence-electron chi connectivity index (χ2n) is 8.27. The van der Waals surface area contributed by atoms with Gasteiger partial charge < -0.3 is 24.5 Å². The van der Waals surface area contributed by atoms with Gasteiger partial charge in [-0.05, 0) is 71.2 Å². The predicted octanol–water partition coefficient (Wildman–Crippen LogP) is 3.73. The molecule has 0 unspecified atom stereocenters. The minimum Gasteiger partial charge on any atom is -0.489 e. The molecule has 0 fully saturated rings. The zero-order valence-electron chi connectivity index (χ0n) is 18.1. The minimum atomic E-state index is -1.34. The molecule has 0 aliphatic heterocycles. The Balaban J connectivity index is 1.80. The van der Waals surface area contributed by atoms with Crippen molar-refractivity contribution in [1.29, 1.82) is 0 Å². The Morgan fingerprint density at radius 1 is 1.13 bits per heavy atom. The number of benzene rings is 1. The van der Waals surface area contributed by atoms with Gasteiger partial charge in [0, 0.05) is 17.5 Å². The summed E-state index contributed by atoms with van der Waals surface area (Å²) in [5.74, 6) is 0.635. The Morgan fingerprint density at radius 2 is 1.83 bits per heavy atom. The quantitative estimate of drug-likeness (QED) is 0.403. The molecule has 1 aromatic heterocycles. The Hall–Kier alpha value is -2.41. The highest BCUT2D eigenvalue weighted by Gasteiger charge is 2.30. The maximum Gasteiger partial charge on any atom is 0.336 e. The third-order valence-electron chi connectivity index (χ3n) is 4.93. The maximum absolute atomic E-state index is 11.3. The van der Waals surface area contributed by atoms with Crippen LogP contribution in [0, 0.1) is 0 Å². The van der Waals surface area contributed by atoms with E-state index in [1.165, 1.54) is 25.5 Å². The summed E-state index contributed by atoms with van der Waals surface area (Å²) in [5.41, 5.74) is 0.908. The van der Waals surface area contributed by atoms with Crippen LogP contribution >= 0.6 is 0 Å². The summed E-state index contributed by atoms with van der Waals surface area (Å²) in [6.07, 6.45) is 3.80. The van der Waals surface area contributed by atoms with E-state index in [0.717, 1.165) is 23.8 Å². The fourth-order valence-corrected chi connectivity index (χ4v) is 3.05. The first-order valence-electron chi connectivity index (χ1n) is 10.1. The van der Waals surface area contributed by atoms with Crippen molar-refractivity contribution in [2.45, 2.75) is 64.8 Å². The maximum atomic E-state index is 11.3. The van der Waals surface area contributed by atoms with Crippen LogP contribution in [0.4, 0.5) is 0 Å². The number of hydrogen-bond acceptors (Lipinski definition) is 6. The molecule has 6 nitrogen and oxygen atoms in total. The van der Waals surface area contributed by atoms with Gasteiger partial charge in [0.25, 0.3) is 0 Å². The van der Waals surface area contributed by atoms with E-state index in [2.05, 4.69) is 0 Å². The number of ether oxygens (including phenoxy) is 1.